The van der Waals surface area contributed by atoms with Gasteiger partial charge in [0.2, 0.25) is 11.8 Å². The third-order valence-corrected chi connectivity index (χ3v) is 8.71. The molecular formula is C31H39N3O5S. The van der Waals surface area contributed by atoms with E-state index in [1.165, 1.54) is 17.0 Å². The van der Waals surface area contributed by atoms with Gasteiger partial charge in [0.15, 0.2) is 0 Å². The summed E-state index contributed by atoms with van der Waals surface area (Å²) in [6.07, 6.45) is 1.53. The van der Waals surface area contributed by atoms with Gasteiger partial charge >= 0.3 is 0 Å². The van der Waals surface area contributed by atoms with Crippen molar-refractivity contribution >= 4 is 27.5 Å². The fourth-order valence-corrected chi connectivity index (χ4v) is 5.56. The van der Waals surface area contributed by atoms with E-state index in [1.54, 1.807) is 56.5 Å². The smallest absolute Gasteiger partial charge is 0.264 e. The van der Waals surface area contributed by atoms with Gasteiger partial charge in [0, 0.05) is 12.6 Å². The first kappa shape index (κ1) is 30.7. The van der Waals surface area contributed by atoms with E-state index in [0.29, 0.717) is 11.4 Å². The van der Waals surface area contributed by atoms with Crippen molar-refractivity contribution in [3.05, 3.63) is 90.0 Å². The predicted molar refractivity (Wildman–Crippen MR) is 158 cm³/mol. The van der Waals surface area contributed by atoms with Crippen LogP contribution in [0.25, 0.3) is 0 Å². The van der Waals surface area contributed by atoms with Gasteiger partial charge in [-0.3, -0.25) is 13.9 Å². The van der Waals surface area contributed by atoms with Gasteiger partial charge in [-0.05, 0) is 74.2 Å². The molecule has 0 unspecified atom stereocenters. The lowest BCUT2D eigenvalue weighted by Crippen LogP contribution is -2.52. The molecule has 0 aliphatic heterocycles. The number of rotatable bonds is 13. The van der Waals surface area contributed by atoms with Crippen LogP contribution in [0.3, 0.4) is 0 Å². The molecule has 8 nitrogen and oxygen atoms in total. The van der Waals surface area contributed by atoms with Gasteiger partial charge < -0.3 is 15.0 Å². The van der Waals surface area contributed by atoms with Crippen LogP contribution in [0.15, 0.2) is 83.8 Å². The van der Waals surface area contributed by atoms with Crippen molar-refractivity contribution in [3.8, 4) is 5.75 Å². The van der Waals surface area contributed by atoms with Crippen LogP contribution in [0.1, 0.15) is 45.2 Å². The summed E-state index contributed by atoms with van der Waals surface area (Å²) < 4.78 is 34.0. The highest BCUT2D eigenvalue weighted by atomic mass is 32.2. The van der Waals surface area contributed by atoms with Crippen LogP contribution in [0, 0.1) is 0 Å². The molecule has 2 atom stereocenters. The third kappa shape index (κ3) is 7.63. The molecule has 214 valence electrons. The summed E-state index contributed by atoms with van der Waals surface area (Å²) in [6.45, 7) is 7.18. The number of methoxy groups -OCH3 is 1. The molecule has 0 spiro atoms. The summed E-state index contributed by atoms with van der Waals surface area (Å²) in [5, 5.41) is 2.94. The Balaban J connectivity index is 2.01. The Bertz CT molecular complexity index is 1360. The molecule has 2 amide bonds. The van der Waals surface area contributed by atoms with Gasteiger partial charge in [0.25, 0.3) is 10.0 Å². The Kier molecular flexibility index (Phi) is 10.7. The van der Waals surface area contributed by atoms with E-state index in [1.807, 2.05) is 45.0 Å². The normalized spacial score (nSPS) is 12.7. The van der Waals surface area contributed by atoms with Gasteiger partial charge in [-0.15, -0.1) is 0 Å². The molecule has 0 bridgehead atoms. The first-order valence-electron chi connectivity index (χ1n) is 13.5. The molecule has 9 heteroatoms. The van der Waals surface area contributed by atoms with Gasteiger partial charge in [-0.25, -0.2) is 8.42 Å². The molecular weight excluding hydrogens is 526 g/mol. The monoisotopic (exact) mass is 565 g/mol. The number of nitrogens with zero attached hydrogens (tertiary/aromatic N) is 2. The van der Waals surface area contributed by atoms with E-state index in [2.05, 4.69) is 5.32 Å². The zero-order chi connectivity index (χ0) is 29.3. The number of hydrogen-bond acceptors (Lipinski definition) is 5. The number of sulfonamides is 1. The quantitative estimate of drug-likeness (QED) is 0.322. The van der Waals surface area contributed by atoms with Crippen molar-refractivity contribution in [2.75, 3.05) is 18.0 Å². The second-order valence-electron chi connectivity index (χ2n) is 9.71. The maximum atomic E-state index is 14.0. The molecule has 1 N–H and O–H groups in total. The minimum atomic E-state index is -4.08. The predicted octanol–water partition coefficient (Wildman–Crippen LogP) is 4.78. The fraction of sp³-hybridized carbons (Fsp3) is 0.355. The number of carbonyl (C=O) groups is 2. The number of benzene rings is 3. The molecule has 0 aliphatic rings. The van der Waals surface area contributed by atoms with Gasteiger partial charge in [0.05, 0.1) is 17.7 Å². The topological polar surface area (TPSA) is 96.0 Å². The minimum Gasteiger partial charge on any atom is -0.497 e. The van der Waals surface area contributed by atoms with Crippen LogP contribution in [0.4, 0.5) is 5.69 Å². The molecule has 0 saturated carbocycles. The van der Waals surface area contributed by atoms with E-state index >= 15 is 0 Å². The van der Waals surface area contributed by atoms with E-state index in [4.69, 9.17) is 4.74 Å². The molecule has 0 aliphatic carbocycles. The second-order valence-corrected chi connectivity index (χ2v) is 11.6. The van der Waals surface area contributed by atoms with E-state index in [0.717, 1.165) is 28.3 Å². The molecule has 3 aromatic carbocycles. The molecule has 0 aromatic heterocycles. The summed E-state index contributed by atoms with van der Waals surface area (Å²) in [5.74, 6) is -0.137. The highest BCUT2D eigenvalue weighted by Crippen LogP contribution is 2.25. The number of amides is 2. The summed E-state index contributed by atoms with van der Waals surface area (Å²) in [5.41, 5.74) is 2.20. The number of anilines is 1. The van der Waals surface area contributed by atoms with Crippen LogP contribution >= 0.6 is 0 Å². The van der Waals surface area contributed by atoms with Gasteiger partial charge in [-0.1, -0.05) is 56.3 Å². The Hall–Kier alpha value is -3.85. The zero-order valence-electron chi connectivity index (χ0n) is 23.8. The number of nitrogens with one attached hydrogen (secondary N) is 1. The molecule has 40 heavy (non-hydrogen) atoms. The van der Waals surface area contributed by atoms with Crippen molar-refractivity contribution in [2.45, 2.75) is 64.1 Å². The van der Waals surface area contributed by atoms with Crippen molar-refractivity contribution in [2.24, 2.45) is 0 Å². The maximum Gasteiger partial charge on any atom is 0.264 e. The number of ether oxygens (including phenoxy) is 1. The Morgan fingerprint density at radius 3 is 2.02 bits per heavy atom. The maximum absolute atomic E-state index is 14.0. The standard InChI is InChI=1S/C31H39N3O5S/c1-6-23(3)32-31(36)24(4)33(21-26-15-19-28(39-5)20-16-26)30(35)22-34(27-17-13-25(7-2)14-18-27)40(37,38)29-11-9-8-10-12-29/h8-20,23-24H,6-7,21-22H2,1-5H3,(H,32,36)/t23-,24+/m1/s1. The van der Waals surface area contributed by atoms with Crippen LogP contribution in [0.5, 0.6) is 5.75 Å². The van der Waals surface area contributed by atoms with E-state index in [9.17, 15) is 18.0 Å². The zero-order valence-corrected chi connectivity index (χ0v) is 24.6. The Morgan fingerprint density at radius 1 is 0.875 bits per heavy atom. The number of carbonyl (C=O) groups excluding carboxylic acids is 2. The molecule has 3 aromatic rings. The lowest BCUT2D eigenvalue weighted by Gasteiger charge is -2.32. The lowest BCUT2D eigenvalue weighted by molar-refractivity contribution is -0.139. The average Bonchev–Trinajstić information content (AvgIpc) is 2.98. The number of aryl methyl sites for hydroxylation is 1. The van der Waals surface area contributed by atoms with Crippen molar-refractivity contribution in [3.63, 3.8) is 0 Å². The van der Waals surface area contributed by atoms with Crippen LogP contribution in [-0.2, 0) is 32.6 Å². The first-order chi connectivity index (χ1) is 19.1. The van der Waals surface area contributed by atoms with Crippen LogP contribution in [0.2, 0.25) is 0 Å². The van der Waals surface area contributed by atoms with Gasteiger partial charge in [0.1, 0.15) is 18.3 Å². The highest BCUT2D eigenvalue weighted by Gasteiger charge is 2.32. The summed E-state index contributed by atoms with van der Waals surface area (Å²) in [7, 11) is -2.51. The van der Waals surface area contributed by atoms with Crippen molar-refractivity contribution < 1.29 is 22.7 Å². The highest BCUT2D eigenvalue weighted by molar-refractivity contribution is 7.92. The molecule has 3 rings (SSSR count). The van der Waals surface area contributed by atoms with Crippen molar-refractivity contribution in [1.82, 2.24) is 10.2 Å². The van der Waals surface area contributed by atoms with Crippen LogP contribution < -0.4 is 14.4 Å². The van der Waals surface area contributed by atoms with Crippen molar-refractivity contribution in [1.29, 1.82) is 0 Å². The summed E-state index contributed by atoms with van der Waals surface area (Å²) in [6, 6.07) is 21.4. The second kappa shape index (κ2) is 14.0. The average molecular weight is 566 g/mol. The largest absolute Gasteiger partial charge is 0.497 e. The molecule has 0 fully saturated rings. The summed E-state index contributed by atoms with van der Waals surface area (Å²) in [4.78, 5) is 28.6. The van der Waals surface area contributed by atoms with E-state index < -0.39 is 28.5 Å². The van der Waals surface area contributed by atoms with Crippen LogP contribution in [-0.4, -0.2) is 50.9 Å². The minimum absolute atomic E-state index is 0.0695. The van der Waals surface area contributed by atoms with Gasteiger partial charge in [-0.2, -0.15) is 0 Å². The number of hydrogen-bond donors (Lipinski definition) is 1. The first-order valence-corrected chi connectivity index (χ1v) is 14.9. The Labute approximate surface area is 238 Å². The fourth-order valence-electron chi connectivity index (χ4n) is 4.12. The summed E-state index contributed by atoms with van der Waals surface area (Å²) >= 11 is 0. The lowest BCUT2D eigenvalue weighted by atomic mass is 10.1. The third-order valence-electron chi connectivity index (χ3n) is 6.92. The molecule has 0 radical (unpaired) electrons. The van der Waals surface area contributed by atoms with E-state index in [-0.39, 0.29) is 23.4 Å². The Morgan fingerprint density at radius 2 is 1.48 bits per heavy atom. The SMILES string of the molecule is CCc1ccc(N(CC(=O)N(Cc2ccc(OC)cc2)[C@@H](C)C(=O)N[C@H](C)CC)S(=O)(=O)c2ccccc2)cc1. The molecule has 0 saturated heterocycles. The molecule has 0 heterocycles.